The number of nitriles is 1. The summed E-state index contributed by atoms with van der Waals surface area (Å²) < 4.78 is 9.63. The van der Waals surface area contributed by atoms with E-state index < -0.39 is 5.97 Å². The molecule has 0 fully saturated rings. The number of nitrogens with zero attached hydrogens (tertiary/aromatic N) is 1. The van der Waals surface area contributed by atoms with Crippen molar-refractivity contribution >= 4 is 5.97 Å². The van der Waals surface area contributed by atoms with Crippen molar-refractivity contribution in [3.63, 3.8) is 0 Å². The Kier molecular flexibility index (Phi) is 4.30. The molecular formula is C11H11NO4. The lowest BCUT2D eigenvalue weighted by Gasteiger charge is -2.08. The van der Waals surface area contributed by atoms with E-state index in [1.165, 1.54) is 19.2 Å². The minimum atomic E-state index is -0.494. The maximum absolute atomic E-state index is 11.2. The first-order chi connectivity index (χ1) is 7.72. The number of hydrogen-bond donors (Lipinski definition) is 1. The topological polar surface area (TPSA) is 79.6 Å². The first-order valence-corrected chi connectivity index (χ1v) is 4.54. The average Bonchev–Trinajstić information content (AvgIpc) is 2.34. The van der Waals surface area contributed by atoms with E-state index in [2.05, 4.69) is 4.74 Å². The van der Waals surface area contributed by atoms with Crippen LogP contribution in [0.1, 0.15) is 15.9 Å². The molecular weight excluding hydrogens is 210 g/mol. The summed E-state index contributed by atoms with van der Waals surface area (Å²) in [6.07, 6.45) is 0. The smallest absolute Gasteiger partial charge is 0.337 e. The molecule has 0 bridgehead atoms. The fraction of sp³-hybridized carbons (Fsp3) is 0.273. The Morgan fingerprint density at radius 3 is 2.88 bits per heavy atom. The number of esters is 1. The van der Waals surface area contributed by atoms with E-state index in [4.69, 9.17) is 15.1 Å². The molecule has 1 N–H and O–H groups in total. The number of carbonyl (C=O) groups excluding carboxylic acids is 1. The highest BCUT2D eigenvalue weighted by Crippen LogP contribution is 2.21. The third-order valence-electron chi connectivity index (χ3n) is 1.95. The third kappa shape index (κ3) is 2.72. The molecule has 1 aromatic rings. The standard InChI is InChI=1S/C11H11NO4/c1-15-11(14)8-2-3-9(7-13)10(6-8)16-5-4-12/h2-3,6,13H,5,7H2,1H3. The summed E-state index contributed by atoms with van der Waals surface area (Å²) in [7, 11) is 1.28. The van der Waals surface area contributed by atoms with Gasteiger partial charge in [-0.15, -0.1) is 0 Å². The van der Waals surface area contributed by atoms with Crippen LogP contribution in [-0.2, 0) is 11.3 Å². The highest BCUT2D eigenvalue weighted by atomic mass is 16.5. The van der Waals surface area contributed by atoms with E-state index in [0.717, 1.165) is 0 Å². The highest BCUT2D eigenvalue weighted by molar-refractivity contribution is 5.89. The largest absolute Gasteiger partial charge is 0.478 e. The van der Waals surface area contributed by atoms with Gasteiger partial charge in [-0.2, -0.15) is 5.26 Å². The number of benzene rings is 1. The van der Waals surface area contributed by atoms with Crippen molar-refractivity contribution in [2.45, 2.75) is 6.61 Å². The van der Waals surface area contributed by atoms with Crippen molar-refractivity contribution in [3.8, 4) is 11.8 Å². The van der Waals surface area contributed by atoms with Gasteiger partial charge in [0.1, 0.15) is 11.8 Å². The minimum absolute atomic E-state index is 0.141. The molecule has 0 amide bonds. The van der Waals surface area contributed by atoms with Crippen LogP contribution in [0, 0.1) is 11.3 Å². The SMILES string of the molecule is COC(=O)c1ccc(CO)c(OCC#N)c1. The van der Waals surface area contributed by atoms with Gasteiger partial charge < -0.3 is 14.6 Å². The first-order valence-electron chi connectivity index (χ1n) is 4.54. The second-order valence-electron chi connectivity index (χ2n) is 2.92. The molecule has 0 heterocycles. The molecule has 0 unspecified atom stereocenters. The average molecular weight is 221 g/mol. The Hall–Kier alpha value is -2.06. The second-order valence-corrected chi connectivity index (χ2v) is 2.92. The molecule has 1 rings (SSSR count). The molecule has 0 aromatic heterocycles. The van der Waals surface area contributed by atoms with E-state index in [-0.39, 0.29) is 13.2 Å². The zero-order valence-corrected chi connectivity index (χ0v) is 8.77. The third-order valence-corrected chi connectivity index (χ3v) is 1.95. The van der Waals surface area contributed by atoms with Crippen LogP contribution in [0.2, 0.25) is 0 Å². The lowest BCUT2D eigenvalue weighted by atomic mass is 10.1. The number of aliphatic hydroxyl groups is 1. The maximum Gasteiger partial charge on any atom is 0.337 e. The van der Waals surface area contributed by atoms with Crippen molar-refractivity contribution in [3.05, 3.63) is 29.3 Å². The molecule has 84 valence electrons. The van der Waals surface area contributed by atoms with Crippen LogP contribution in [0.15, 0.2) is 18.2 Å². The molecule has 16 heavy (non-hydrogen) atoms. The molecule has 5 heteroatoms. The lowest BCUT2D eigenvalue weighted by Crippen LogP contribution is -2.04. The van der Waals surface area contributed by atoms with E-state index in [1.54, 1.807) is 6.07 Å². The number of aliphatic hydroxyl groups excluding tert-OH is 1. The molecule has 1 aromatic carbocycles. The molecule has 0 aliphatic heterocycles. The highest BCUT2D eigenvalue weighted by Gasteiger charge is 2.10. The Morgan fingerprint density at radius 2 is 2.31 bits per heavy atom. The van der Waals surface area contributed by atoms with Crippen LogP contribution >= 0.6 is 0 Å². The zero-order valence-electron chi connectivity index (χ0n) is 8.77. The van der Waals surface area contributed by atoms with E-state index in [0.29, 0.717) is 16.9 Å². The van der Waals surface area contributed by atoms with Crippen LogP contribution < -0.4 is 4.74 Å². The number of methoxy groups -OCH3 is 1. The normalized spacial score (nSPS) is 9.31. The second kappa shape index (κ2) is 5.73. The van der Waals surface area contributed by atoms with Gasteiger partial charge in [0.25, 0.3) is 0 Å². The van der Waals surface area contributed by atoms with Gasteiger partial charge in [-0.1, -0.05) is 6.07 Å². The van der Waals surface area contributed by atoms with Gasteiger partial charge in [0, 0.05) is 5.56 Å². The van der Waals surface area contributed by atoms with Gasteiger partial charge in [-0.25, -0.2) is 4.79 Å². The first kappa shape index (κ1) is 12.0. The summed E-state index contributed by atoms with van der Waals surface area (Å²) in [4.78, 5) is 11.2. The molecule has 0 saturated carbocycles. The van der Waals surface area contributed by atoms with Crippen molar-refractivity contribution < 1.29 is 19.4 Å². The van der Waals surface area contributed by atoms with Crippen LogP contribution in [0.3, 0.4) is 0 Å². The fourth-order valence-corrected chi connectivity index (χ4v) is 1.17. The number of carbonyl (C=O) groups is 1. The van der Waals surface area contributed by atoms with E-state index in [9.17, 15) is 4.79 Å². The summed E-state index contributed by atoms with van der Waals surface area (Å²) in [6, 6.07) is 6.33. The van der Waals surface area contributed by atoms with E-state index >= 15 is 0 Å². The minimum Gasteiger partial charge on any atom is -0.478 e. The van der Waals surface area contributed by atoms with Gasteiger partial charge in [-0.05, 0) is 12.1 Å². The Morgan fingerprint density at radius 1 is 1.56 bits per heavy atom. The molecule has 0 aliphatic rings. The van der Waals surface area contributed by atoms with Gasteiger partial charge in [0.05, 0.1) is 19.3 Å². The summed E-state index contributed by atoms with van der Waals surface area (Å²) in [5.74, 6) is -0.182. The molecule has 0 radical (unpaired) electrons. The molecule has 0 atom stereocenters. The maximum atomic E-state index is 11.2. The predicted molar refractivity (Wildman–Crippen MR) is 54.8 cm³/mol. The van der Waals surface area contributed by atoms with Crippen LogP contribution in [0.4, 0.5) is 0 Å². The van der Waals surface area contributed by atoms with Crippen LogP contribution in [-0.4, -0.2) is 24.8 Å². The summed E-state index contributed by atoms with van der Waals surface area (Å²) >= 11 is 0. The lowest BCUT2D eigenvalue weighted by molar-refractivity contribution is 0.0600. The Labute approximate surface area is 92.8 Å². The molecule has 0 aliphatic carbocycles. The van der Waals surface area contributed by atoms with Crippen molar-refractivity contribution in [1.82, 2.24) is 0 Å². The zero-order chi connectivity index (χ0) is 12.0. The quantitative estimate of drug-likeness (QED) is 0.763. The summed E-state index contributed by atoms with van der Waals surface area (Å²) in [6.45, 7) is -0.361. The molecule has 0 spiro atoms. The van der Waals surface area contributed by atoms with Crippen molar-refractivity contribution in [2.75, 3.05) is 13.7 Å². The molecule has 0 saturated heterocycles. The monoisotopic (exact) mass is 221 g/mol. The van der Waals surface area contributed by atoms with Gasteiger partial charge in [-0.3, -0.25) is 0 Å². The number of hydrogen-bond acceptors (Lipinski definition) is 5. The van der Waals surface area contributed by atoms with Crippen molar-refractivity contribution in [1.29, 1.82) is 5.26 Å². The Balaban J connectivity index is 3.01. The fourth-order valence-electron chi connectivity index (χ4n) is 1.17. The van der Waals surface area contributed by atoms with Gasteiger partial charge >= 0.3 is 5.97 Å². The molecule has 5 nitrogen and oxygen atoms in total. The summed E-state index contributed by atoms with van der Waals surface area (Å²) in [5.41, 5.74) is 0.829. The van der Waals surface area contributed by atoms with Crippen LogP contribution in [0.25, 0.3) is 0 Å². The summed E-state index contributed by atoms with van der Waals surface area (Å²) in [5, 5.41) is 17.4. The van der Waals surface area contributed by atoms with Gasteiger partial charge in [0.2, 0.25) is 0 Å². The van der Waals surface area contributed by atoms with Crippen LogP contribution in [0.5, 0.6) is 5.75 Å². The van der Waals surface area contributed by atoms with Gasteiger partial charge in [0.15, 0.2) is 6.61 Å². The predicted octanol–water partition coefficient (Wildman–Crippen LogP) is 0.868. The number of rotatable bonds is 4. The van der Waals surface area contributed by atoms with E-state index in [1.807, 2.05) is 6.07 Å². The van der Waals surface area contributed by atoms with Crippen molar-refractivity contribution in [2.24, 2.45) is 0 Å². The Bertz CT molecular complexity index is 422. The number of ether oxygens (including phenoxy) is 2.